The van der Waals surface area contributed by atoms with Gasteiger partial charge in [-0.15, -0.1) is 0 Å². The van der Waals surface area contributed by atoms with Crippen LogP contribution in [0.5, 0.6) is 0 Å². The van der Waals surface area contributed by atoms with Crippen LogP contribution < -0.4 is 0 Å². The molecule has 0 aromatic rings. The Kier molecular flexibility index (Phi) is 4.35. The Bertz CT molecular complexity index is 192. The van der Waals surface area contributed by atoms with Crippen LogP contribution in [0.4, 0.5) is 0 Å². The van der Waals surface area contributed by atoms with Crippen molar-refractivity contribution in [3.05, 3.63) is 0 Å². The second-order valence-electron chi connectivity index (χ2n) is 3.92. The molecule has 0 saturated heterocycles. The minimum Gasteiger partial charge on any atom is -0.391 e. The van der Waals surface area contributed by atoms with Gasteiger partial charge in [0.2, 0.25) is 5.91 Å². The third kappa shape index (κ3) is 3.64. The molecule has 82 valence electrons. The highest BCUT2D eigenvalue weighted by molar-refractivity contribution is 5.75. The summed E-state index contributed by atoms with van der Waals surface area (Å²) in [6, 6.07) is 0. The Hall–Kier alpha value is -0.610. The molecule has 1 rings (SSSR count). The van der Waals surface area contributed by atoms with Crippen molar-refractivity contribution in [2.45, 2.75) is 25.4 Å². The number of amides is 1. The minimum atomic E-state index is -0.341. The van der Waals surface area contributed by atoms with E-state index < -0.39 is 0 Å². The lowest BCUT2D eigenvalue weighted by Gasteiger charge is -2.20. The SMILES string of the molecule is COCCC(=O)N(C)CC(O)C1CC1. The van der Waals surface area contributed by atoms with E-state index in [4.69, 9.17) is 4.74 Å². The largest absolute Gasteiger partial charge is 0.391 e. The first-order valence-corrected chi connectivity index (χ1v) is 5.06. The van der Waals surface area contributed by atoms with Gasteiger partial charge < -0.3 is 14.7 Å². The van der Waals surface area contributed by atoms with Crippen LogP contribution >= 0.6 is 0 Å². The van der Waals surface area contributed by atoms with E-state index in [0.717, 1.165) is 12.8 Å². The van der Waals surface area contributed by atoms with Gasteiger partial charge in [0.05, 0.1) is 19.1 Å². The summed E-state index contributed by atoms with van der Waals surface area (Å²) < 4.78 is 4.82. The summed E-state index contributed by atoms with van der Waals surface area (Å²) in [6.45, 7) is 0.899. The summed E-state index contributed by atoms with van der Waals surface area (Å²) >= 11 is 0. The summed E-state index contributed by atoms with van der Waals surface area (Å²) in [7, 11) is 3.30. The van der Waals surface area contributed by atoms with Crippen molar-refractivity contribution < 1.29 is 14.6 Å². The number of carbonyl (C=O) groups is 1. The molecule has 4 heteroatoms. The maximum atomic E-state index is 11.4. The third-order valence-electron chi connectivity index (χ3n) is 2.57. The molecule has 14 heavy (non-hydrogen) atoms. The lowest BCUT2D eigenvalue weighted by molar-refractivity contribution is -0.132. The molecule has 1 N–H and O–H groups in total. The van der Waals surface area contributed by atoms with Crippen LogP contribution in [0.3, 0.4) is 0 Å². The van der Waals surface area contributed by atoms with Crippen LogP contribution in [0.2, 0.25) is 0 Å². The van der Waals surface area contributed by atoms with Crippen molar-refractivity contribution in [3.8, 4) is 0 Å². The van der Waals surface area contributed by atoms with Crippen LogP contribution in [-0.4, -0.2) is 49.3 Å². The minimum absolute atomic E-state index is 0.0338. The lowest BCUT2D eigenvalue weighted by atomic mass is 10.2. The number of aliphatic hydroxyl groups is 1. The number of carbonyl (C=O) groups excluding carboxylic acids is 1. The molecule has 1 aliphatic carbocycles. The number of rotatable bonds is 6. The number of ether oxygens (including phenoxy) is 1. The maximum absolute atomic E-state index is 11.4. The zero-order valence-corrected chi connectivity index (χ0v) is 8.90. The Morgan fingerprint density at radius 2 is 2.29 bits per heavy atom. The van der Waals surface area contributed by atoms with E-state index in [0.29, 0.717) is 25.5 Å². The molecule has 1 unspecified atom stereocenters. The Morgan fingerprint density at radius 1 is 1.64 bits per heavy atom. The van der Waals surface area contributed by atoms with Gasteiger partial charge in [-0.2, -0.15) is 0 Å². The number of likely N-dealkylation sites (N-methyl/N-ethyl adjacent to an activating group) is 1. The summed E-state index contributed by atoms with van der Waals surface area (Å²) in [5.41, 5.74) is 0. The van der Waals surface area contributed by atoms with Gasteiger partial charge in [-0.25, -0.2) is 0 Å². The Labute approximate surface area is 84.8 Å². The first-order chi connectivity index (χ1) is 6.65. The molecule has 0 heterocycles. The monoisotopic (exact) mass is 201 g/mol. The number of aliphatic hydroxyl groups excluding tert-OH is 1. The van der Waals surface area contributed by atoms with E-state index in [1.807, 2.05) is 0 Å². The smallest absolute Gasteiger partial charge is 0.224 e. The molecule has 0 aromatic carbocycles. The highest BCUT2D eigenvalue weighted by Crippen LogP contribution is 2.32. The van der Waals surface area contributed by atoms with E-state index in [1.54, 1.807) is 19.1 Å². The van der Waals surface area contributed by atoms with Crippen molar-refractivity contribution in [2.75, 3.05) is 27.3 Å². The topological polar surface area (TPSA) is 49.8 Å². The molecule has 1 atom stereocenters. The zero-order chi connectivity index (χ0) is 10.6. The summed E-state index contributed by atoms with van der Waals surface area (Å²) in [4.78, 5) is 13.0. The van der Waals surface area contributed by atoms with E-state index in [2.05, 4.69) is 0 Å². The second-order valence-corrected chi connectivity index (χ2v) is 3.92. The van der Waals surface area contributed by atoms with Crippen molar-refractivity contribution in [1.29, 1.82) is 0 Å². The van der Waals surface area contributed by atoms with Gasteiger partial charge in [0, 0.05) is 20.7 Å². The van der Waals surface area contributed by atoms with Crippen LogP contribution in [0.25, 0.3) is 0 Å². The van der Waals surface area contributed by atoms with Gasteiger partial charge in [0.1, 0.15) is 0 Å². The molecule has 0 radical (unpaired) electrons. The van der Waals surface area contributed by atoms with E-state index in [9.17, 15) is 9.90 Å². The van der Waals surface area contributed by atoms with Crippen LogP contribution in [0.1, 0.15) is 19.3 Å². The van der Waals surface area contributed by atoms with Crippen molar-refractivity contribution >= 4 is 5.91 Å². The van der Waals surface area contributed by atoms with E-state index >= 15 is 0 Å². The average Bonchev–Trinajstić information content (AvgIpc) is 2.96. The van der Waals surface area contributed by atoms with Crippen LogP contribution in [-0.2, 0) is 9.53 Å². The predicted octanol–water partition coefficient (Wildman–Crippen LogP) is 0.252. The van der Waals surface area contributed by atoms with Gasteiger partial charge in [-0.1, -0.05) is 0 Å². The molecule has 0 aromatic heterocycles. The Morgan fingerprint density at radius 3 is 2.79 bits per heavy atom. The van der Waals surface area contributed by atoms with E-state index in [-0.39, 0.29) is 12.0 Å². The normalized spacial score (nSPS) is 17.9. The fourth-order valence-corrected chi connectivity index (χ4v) is 1.39. The second kappa shape index (κ2) is 5.32. The molecule has 1 amide bonds. The average molecular weight is 201 g/mol. The van der Waals surface area contributed by atoms with Crippen LogP contribution in [0.15, 0.2) is 0 Å². The summed E-state index contributed by atoms with van der Waals surface area (Å²) in [5, 5.41) is 9.61. The number of hydrogen-bond acceptors (Lipinski definition) is 3. The van der Waals surface area contributed by atoms with Gasteiger partial charge >= 0.3 is 0 Å². The van der Waals surface area contributed by atoms with Crippen molar-refractivity contribution in [3.63, 3.8) is 0 Å². The molecule has 0 bridgehead atoms. The Balaban J connectivity index is 2.18. The van der Waals surface area contributed by atoms with Crippen molar-refractivity contribution in [1.82, 2.24) is 4.90 Å². The van der Waals surface area contributed by atoms with E-state index in [1.165, 1.54) is 0 Å². The molecule has 1 saturated carbocycles. The fraction of sp³-hybridized carbons (Fsp3) is 0.900. The lowest BCUT2D eigenvalue weighted by Crippen LogP contribution is -2.35. The van der Waals surface area contributed by atoms with Crippen molar-refractivity contribution in [2.24, 2.45) is 5.92 Å². The number of methoxy groups -OCH3 is 1. The predicted molar refractivity (Wildman–Crippen MR) is 52.9 cm³/mol. The quantitative estimate of drug-likeness (QED) is 0.670. The van der Waals surface area contributed by atoms with Crippen LogP contribution in [0, 0.1) is 5.92 Å². The highest BCUT2D eigenvalue weighted by Gasteiger charge is 2.30. The molecular formula is C10H19NO3. The molecule has 1 aliphatic rings. The fourth-order valence-electron chi connectivity index (χ4n) is 1.39. The first kappa shape index (κ1) is 11.5. The molecule has 0 aliphatic heterocycles. The van der Waals surface area contributed by atoms with Gasteiger partial charge in [-0.3, -0.25) is 4.79 Å². The number of hydrogen-bond donors (Lipinski definition) is 1. The molecular weight excluding hydrogens is 182 g/mol. The third-order valence-corrected chi connectivity index (χ3v) is 2.57. The summed E-state index contributed by atoms with van der Waals surface area (Å²) in [5.74, 6) is 0.458. The standard InChI is InChI=1S/C10H19NO3/c1-11(10(13)5-6-14-2)7-9(12)8-3-4-8/h8-9,12H,3-7H2,1-2H3. The number of nitrogens with zero attached hydrogens (tertiary/aromatic N) is 1. The van der Waals surface area contributed by atoms with Gasteiger partial charge in [0.25, 0.3) is 0 Å². The molecule has 0 spiro atoms. The van der Waals surface area contributed by atoms with Gasteiger partial charge in [-0.05, 0) is 18.8 Å². The first-order valence-electron chi connectivity index (χ1n) is 5.06. The molecule has 1 fully saturated rings. The van der Waals surface area contributed by atoms with Gasteiger partial charge in [0.15, 0.2) is 0 Å². The maximum Gasteiger partial charge on any atom is 0.224 e. The molecule has 4 nitrogen and oxygen atoms in total. The highest BCUT2D eigenvalue weighted by atomic mass is 16.5. The zero-order valence-electron chi connectivity index (χ0n) is 8.90. The summed E-state index contributed by atoms with van der Waals surface area (Å²) in [6.07, 6.45) is 2.25.